The lowest BCUT2D eigenvalue weighted by Crippen LogP contribution is -2.41. The van der Waals surface area contributed by atoms with Gasteiger partial charge in [0.05, 0.1) is 0 Å². The Hall–Kier alpha value is -0.590. The first-order chi connectivity index (χ1) is 6.14. The van der Waals surface area contributed by atoms with E-state index in [4.69, 9.17) is 0 Å². The van der Waals surface area contributed by atoms with Crippen LogP contribution in [-0.2, 0) is 4.79 Å². The molecule has 0 aliphatic heterocycles. The number of hydrogen-bond acceptors (Lipinski definition) is 1. The molecule has 72 valence electrons. The first-order valence-electron chi connectivity index (χ1n) is 5.35. The maximum atomic E-state index is 11.7. The Morgan fingerprint density at radius 2 is 2.15 bits per heavy atom. The van der Waals surface area contributed by atoms with Crippen molar-refractivity contribution in [3.8, 4) is 0 Å². The Morgan fingerprint density at radius 1 is 1.38 bits per heavy atom. The van der Waals surface area contributed by atoms with Crippen LogP contribution in [0.25, 0.3) is 0 Å². The van der Waals surface area contributed by atoms with Crippen LogP contribution in [0.15, 0.2) is 12.2 Å². The quantitative estimate of drug-likeness (QED) is 0.521. The molecular weight excluding hydrogens is 160 g/mol. The molecule has 0 N–H and O–H groups in total. The molecule has 2 rings (SSSR count). The standard InChI is InChI=1S/C12H18O/c1-9-5-3-6-10-11(13)7-4-8-12(9,10)2/h10H,1,3-8H2,2H3/t10-,12+/m1/s1. The van der Waals surface area contributed by atoms with Crippen molar-refractivity contribution in [2.75, 3.05) is 0 Å². The molecule has 0 spiro atoms. The van der Waals surface area contributed by atoms with E-state index in [0.29, 0.717) is 11.7 Å². The molecule has 13 heavy (non-hydrogen) atoms. The molecule has 2 fully saturated rings. The molecule has 0 heterocycles. The molecule has 0 unspecified atom stereocenters. The third-order valence-electron chi connectivity index (χ3n) is 4.06. The van der Waals surface area contributed by atoms with E-state index in [1.807, 2.05) is 0 Å². The van der Waals surface area contributed by atoms with Crippen molar-refractivity contribution in [1.82, 2.24) is 0 Å². The molecule has 2 aliphatic carbocycles. The minimum absolute atomic E-state index is 0.160. The maximum absolute atomic E-state index is 11.7. The van der Waals surface area contributed by atoms with Gasteiger partial charge in [-0.15, -0.1) is 0 Å². The number of rotatable bonds is 0. The molecule has 0 bridgehead atoms. The van der Waals surface area contributed by atoms with E-state index in [2.05, 4.69) is 13.5 Å². The molecule has 0 aromatic carbocycles. The summed E-state index contributed by atoms with van der Waals surface area (Å²) in [6, 6.07) is 0. The Morgan fingerprint density at radius 3 is 2.85 bits per heavy atom. The molecule has 0 aromatic rings. The minimum atomic E-state index is 0.160. The van der Waals surface area contributed by atoms with Crippen LogP contribution in [-0.4, -0.2) is 5.78 Å². The van der Waals surface area contributed by atoms with E-state index in [1.165, 1.54) is 18.4 Å². The highest BCUT2D eigenvalue weighted by molar-refractivity contribution is 5.83. The molecule has 0 radical (unpaired) electrons. The predicted molar refractivity (Wildman–Crippen MR) is 53.4 cm³/mol. The van der Waals surface area contributed by atoms with E-state index in [0.717, 1.165) is 25.7 Å². The van der Waals surface area contributed by atoms with Crippen LogP contribution in [0.5, 0.6) is 0 Å². The second kappa shape index (κ2) is 2.97. The molecular formula is C12H18O. The van der Waals surface area contributed by atoms with E-state index in [9.17, 15) is 4.79 Å². The fourth-order valence-electron chi connectivity index (χ4n) is 3.04. The molecule has 2 aliphatic rings. The Bertz CT molecular complexity index is 254. The van der Waals surface area contributed by atoms with Crippen LogP contribution in [0.2, 0.25) is 0 Å². The third kappa shape index (κ3) is 1.25. The minimum Gasteiger partial charge on any atom is -0.299 e. The van der Waals surface area contributed by atoms with Gasteiger partial charge >= 0.3 is 0 Å². The largest absolute Gasteiger partial charge is 0.299 e. The van der Waals surface area contributed by atoms with Gasteiger partial charge in [-0.3, -0.25) is 4.79 Å². The zero-order valence-electron chi connectivity index (χ0n) is 8.44. The van der Waals surface area contributed by atoms with Gasteiger partial charge in [-0.2, -0.15) is 0 Å². The van der Waals surface area contributed by atoms with E-state index >= 15 is 0 Å². The van der Waals surface area contributed by atoms with Gasteiger partial charge in [0.1, 0.15) is 5.78 Å². The highest BCUT2D eigenvalue weighted by Crippen LogP contribution is 2.50. The summed E-state index contributed by atoms with van der Waals surface area (Å²) < 4.78 is 0. The van der Waals surface area contributed by atoms with Gasteiger partial charge in [-0.25, -0.2) is 0 Å². The normalized spacial score (nSPS) is 40.2. The smallest absolute Gasteiger partial charge is 0.136 e. The van der Waals surface area contributed by atoms with Gasteiger partial charge in [0.15, 0.2) is 0 Å². The van der Waals surface area contributed by atoms with Crippen molar-refractivity contribution in [2.45, 2.75) is 45.4 Å². The summed E-state index contributed by atoms with van der Waals surface area (Å²) in [5.74, 6) is 0.803. The summed E-state index contributed by atoms with van der Waals surface area (Å²) in [7, 11) is 0. The number of carbonyl (C=O) groups is 1. The lowest BCUT2D eigenvalue weighted by Gasteiger charge is -2.45. The second-order valence-electron chi connectivity index (χ2n) is 4.79. The Balaban J connectivity index is 2.29. The van der Waals surface area contributed by atoms with Crippen LogP contribution in [0.1, 0.15) is 45.4 Å². The summed E-state index contributed by atoms with van der Waals surface area (Å²) in [5.41, 5.74) is 1.49. The number of carbonyl (C=O) groups excluding carboxylic acids is 1. The second-order valence-corrected chi connectivity index (χ2v) is 4.79. The average molecular weight is 178 g/mol. The van der Waals surface area contributed by atoms with Gasteiger partial charge in [-0.05, 0) is 37.5 Å². The topological polar surface area (TPSA) is 17.1 Å². The molecule has 0 aromatic heterocycles. The van der Waals surface area contributed by atoms with Gasteiger partial charge in [0.2, 0.25) is 0 Å². The summed E-state index contributed by atoms with van der Waals surface area (Å²) in [6.45, 7) is 6.40. The lowest BCUT2D eigenvalue weighted by molar-refractivity contribution is -0.129. The highest BCUT2D eigenvalue weighted by atomic mass is 16.1. The average Bonchev–Trinajstić information content (AvgIpc) is 2.08. The summed E-state index contributed by atoms with van der Waals surface area (Å²) >= 11 is 0. The van der Waals surface area contributed by atoms with Crippen LogP contribution in [0, 0.1) is 11.3 Å². The molecule has 2 atom stereocenters. The monoisotopic (exact) mass is 178 g/mol. The van der Waals surface area contributed by atoms with E-state index in [-0.39, 0.29) is 5.41 Å². The van der Waals surface area contributed by atoms with Crippen LogP contribution >= 0.6 is 0 Å². The Labute approximate surface area is 80.2 Å². The number of Topliss-reactive ketones (excluding diaryl/α,β-unsaturated/α-hetero) is 1. The zero-order valence-corrected chi connectivity index (χ0v) is 8.44. The van der Waals surface area contributed by atoms with Gasteiger partial charge in [-0.1, -0.05) is 19.1 Å². The van der Waals surface area contributed by atoms with E-state index < -0.39 is 0 Å². The fourth-order valence-corrected chi connectivity index (χ4v) is 3.04. The highest BCUT2D eigenvalue weighted by Gasteiger charge is 2.44. The van der Waals surface area contributed by atoms with Crippen molar-refractivity contribution in [1.29, 1.82) is 0 Å². The van der Waals surface area contributed by atoms with Gasteiger partial charge < -0.3 is 0 Å². The molecule has 0 amide bonds. The SMILES string of the molecule is C=C1CCC[C@@H]2C(=O)CCC[C@@]12C. The predicted octanol–water partition coefficient (Wildman–Crippen LogP) is 3.10. The first kappa shape index (κ1) is 8.98. The van der Waals surface area contributed by atoms with Crippen molar-refractivity contribution in [3.63, 3.8) is 0 Å². The van der Waals surface area contributed by atoms with Gasteiger partial charge in [0.25, 0.3) is 0 Å². The maximum Gasteiger partial charge on any atom is 0.136 e. The number of fused-ring (bicyclic) bond motifs is 1. The van der Waals surface area contributed by atoms with Crippen molar-refractivity contribution in [2.24, 2.45) is 11.3 Å². The number of hydrogen-bond donors (Lipinski definition) is 0. The molecule has 0 saturated heterocycles. The summed E-state index contributed by atoms with van der Waals surface area (Å²) in [6.07, 6.45) is 6.49. The van der Waals surface area contributed by atoms with Crippen molar-refractivity contribution in [3.05, 3.63) is 12.2 Å². The number of ketones is 1. The van der Waals surface area contributed by atoms with Crippen molar-refractivity contribution < 1.29 is 4.79 Å². The summed E-state index contributed by atoms with van der Waals surface area (Å²) in [4.78, 5) is 11.7. The number of allylic oxidation sites excluding steroid dienone is 1. The fraction of sp³-hybridized carbons (Fsp3) is 0.750. The summed E-state index contributed by atoms with van der Waals surface area (Å²) in [5, 5.41) is 0. The molecule has 1 heteroatoms. The zero-order chi connectivity index (χ0) is 9.47. The van der Waals surface area contributed by atoms with Crippen LogP contribution in [0.3, 0.4) is 0 Å². The van der Waals surface area contributed by atoms with Crippen molar-refractivity contribution >= 4 is 5.78 Å². The molecule has 1 nitrogen and oxygen atoms in total. The van der Waals surface area contributed by atoms with E-state index in [1.54, 1.807) is 0 Å². The first-order valence-corrected chi connectivity index (χ1v) is 5.35. The van der Waals surface area contributed by atoms with Crippen LogP contribution < -0.4 is 0 Å². The van der Waals surface area contributed by atoms with Gasteiger partial charge in [0, 0.05) is 12.3 Å². The third-order valence-corrected chi connectivity index (χ3v) is 4.06. The van der Waals surface area contributed by atoms with Crippen LogP contribution in [0.4, 0.5) is 0 Å². The molecule has 2 saturated carbocycles. The lowest BCUT2D eigenvalue weighted by atomic mass is 9.58. The Kier molecular flexibility index (Phi) is 2.05.